The molecule has 10 nitrogen and oxygen atoms in total. The maximum absolute atomic E-state index is 13.0. The van der Waals surface area contributed by atoms with Crippen LogP contribution >= 0.6 is 11.3 Å². The summed E-state index contributed by atoms with van der Waals surface area (Å²) in [5, 5.41) is 2.21. The second-order valence-corrected chi connectivity index (χ2v) is 8.82. The van der Waals surface area contributed by atoms with Crippen LogP contribution in [0.5, 0.6) is 0 Å². The quantitative estimate of drug-likeness (QED) is 0.475. The Balaban J connectivity index is 1.29. The van der Waals surface area contributed by atoms with Crippen molar-refractivity contribution in [3.63, 3.8) is 0 Å². The van der Waals surface area contributed by atoms with Gasteiger partial charge in [-0.15, -0.1) is 11.3 Å². The summed E-state index contributed by atoms with van der Waals surface area (Å²) in [6.45, 7) is 4.93. The number of amides is 1. The largest absolute Gasteiger partial charge is 0.336 e. The van der Waals surface area contributed by atoms with Crippen molar-refractivity contribution >= 4 is 33.1 Å². The highest BCUT2D eigenvalue weighted by molar-refractivity contribution is 7.15. The molecular formula is C22H22N6O4S. The predicted molar refractivity (Wildman–Crippen MR) is 125 cm³/mol. The van der Waals surface area contributed by atoms with E-state index in [0.717, 1.165) is 10.3 Å². The smallest absolute Gasteiger partial charge is 0.328 e. The summed E-state index contributed by atoms with van der Waals surface area (Å²) in [6.07, 6.45) is 1.71. The molecule has 1 aliphatic heterocycles. The molecule has 11 heteroatoms. The number of fused-ring (bicyclic) bond motifs is 2. The molecule has 0 radical (unpaired) electrons. The molecule has 3 aromatic heterocycles. The second-order valence-electron chi connectivity index (χ2n) is 7.95. The van der Waals surface area contributed by atoms with E-state index in [4.69, 9.17) is 0 Å². The normalized spacial score (nSPS) is 14.9. The van der Waals surface area contributed by atoms with Crippen LogP contribution in [0.3, 0.4) is 0 Å². The number of piperazine rings is 1. The lowest BCUT2D eigenvalue weighted by atomic mass is 10.1. The van der Waals surface area contributed by atoms with Crippen molar-refractivity contribution in [2.75, 3.05) is 26.2 Å². The molecule has 0 atom stereocenters. The van der Waals surface area contributed by atoms with E-state index in [1.54, 1.807) is 42.3 Å². The number of carbonyl (C=O) groups is 1. The highest BCUT2D eigenvalue weighted by Gasteiger charge is 2.23. The molecule has 1 amide bonds. The van der Waals surface area contributed by atoms with Gasteiger partial charge in [0.05, 0.1) is 16.6 Å². The van der Waals surface area contributed by atoms with Crippen molar-refractivity contribution in [1.29, 1.82) is 0 Å². The Labute approximate surface area is 191 Å². The molecule has 0 spiro atoms. The molecule has 1 aliphatic rings. The van der Waals surface area contributed by atoms with Gasteiger partial charge in [-0.1, -0.05) is 0 Å². The van der Waals surface area contributed by atoms with Crippen LogP contribution < -0.4 is 16.8 Å². The maximum Gasteiger partial charge on any atom is 0.328 e. The van der Waals surface area contributed by atoms with Crippen molar-refractivity contribution in [1.82, 2.24) is 28.7 Å². The zero-order valence-corrected chi connectivity index (χ0v) is 18.8. The molecule has 1 saturated heterocycles. The Morgan fingerprint density at radius 1 is 1.12 bits per heavy atom. The molecule has 0 aliphatic carbocycles. The van der Waals surface area contributed by atoms with Crippen LogP contribution in [0.4, 0.5) is 0 Å². The third-order valence-corrected chi connectivity index (χ3v) is 6.70. The topological polar surface area (TPSA) is 113 Å². The summed E-state index contributed by atoms with van der Waals surface area (Å²) in [4.78, 5) is 61.6. The van der Waals surface area contributed by atoms with Gasteiger partial charge in [0.1, 0.15) is 0 Å². The standard InChI is InChI=1S/C22H22N6O4S/c1-2-27-20(31)16-4-3-14(11-17(16)24-21(27)32)19(30)26-7-5-25(6-8-26)13-15-12-18(29)28-9-10-33-22(28)23-15/h3-4,9-12H,2,5-8,13H2,1H3,(H,24,32). The van der Waals surface area contributed by atoms with Crippen molar-refractivity contribution in [2.24, 2.45) is 0 Å². The molecule has 0 unspecified atom stereocenters. The van der Waals surface area contributed by atoms with Gasteiger partial charge in [-0.25, -0.2) is 9.78 Å². The number of hydrogen-bond donors (Lipinski definition) is 1. The predicted octanol–water partition coefficient (Wildman–Crippen LogP) is 0.737. The van der Waals surface area contributed by atoms with Crippen LogP contribution in [-0.4, -0.2) is 60.8 Å². The SMILES string of the molecule is CCn1c(=O)[nH]c2cc(C(=O)N3CCN(Cc4cc(=O)n5ccsc5n4)CC3)ccc2c1=O. The molecule has 4 aromatic rings. The Morgan fingerprint density at radius 2 is 1.91 bits per heavy atom. The van der Waals surface area contributed by atoms with Crippen LogP contribution in [-0.2, 0) is 13.1 Å². The lowest BCUT2D eigenvalue weighted by Gasteiger charge is -2.34. The molecule has 1 fully saturated rings. The summed E-state index contributed by atoms with van der Waals surface area (Å²) in [6, 6.07) is 6.35. The van der Waals surface area contributed by atoms with E-state index in [9.17, 15) is 19.2 Å². The van der Waals surface area contributed by atoms with Crippen LogP contribution in [0, 0.1) is 0 Å². The minimum Gasteiger partial charge on any atom is -0.336 e. The number of aromatic nitrogens is 4. The molecular weight excluding hydrogens is 444 g/mol. The Morgan fingerprint density at radius 3 is 2.67 bits per heavy atom. The van der Waals surface area contributed by atoms with Gasteiger partial charge in [-0.05, 0) is 25.1 Å². The summed E-state index contributed by atoms with van der Waals surface area (Å²) in [7, 11) is 0. The zero-order valence-electron chi connectivity index (χ0n) is 18.0. The first-order valence-corrected chi connectivity index (χ1v) is 11.6. The maximum atomic E-state index is 13.0. The third-order valence-electron chi connectivity index (χ3n) is 5.95. The monoisotopic (exact) mass is 466 g/mol. The number of benzene rings is 1. The van der Waals surface area contributed by atoms with Gasteiger partial charge in [0.2, 0.25) is 0 Å². The van der Waals surface area contributed by atoms with Gasteiger partial charge in [0.15, 0.2) is 4.96 Å². The van der Waals surface area contributed by atoms with Crippen LogP contribution in [0.25, 0.3) is 15.9 Å². The third kappa shape index (κ3) is 3.89. The second kappa shape index (κ2) is 8.41. The molecule has 0 saturated carbocycles. The van der Waals surface area contributed by atoms with E-state index >= 15 is 0 Å². The molecule has 170 valence electrons. The lowest BCUT2D eigenvalue weighted by Crippen LogP contribution is -2.48. The van der Waals surface area contributed by atoms with Gasteiger partial charge in [0, 0.05) is 62.5 Å². The van der Waals surface area contributed by atoms with Crippen LogP contribution in [0.15, 0.2) is 50.2 Å². The number of rotatable bonds is 4. The molecule has 33 heavy (non-hydrogen) atoms. The van der Waals surface area contributed by atoms with Gasteiger partial charge < -0.3 is 9.88 Å². The Bertz CT molecular complexity index is 1540. The summed E-state index contributed by atoms with van der Waals surface area (Å²) >= 11 is 1.42. The average molecular weight is 467 g/mol. The van der Waals surface area contributed by atoms with Crippen LogP contribution in [0.2, 0.25) is 0 Å². The number of nitrogens with zero attached hydrogens (tertiary/aromatic N) is 5. The van der Waals surface area contributed by atoms with Gasteiger partial charge in [-0.3, -0.25) is 28.3 Å². The van der Waals surface area contributed by atoms with Crippen molar-refractivity contribution in [3.05, 3.63) is 78.3 Å². The number of hydrogen-bond acceptors (Lipinski definition) is 7. The summed E-state index contributed by atoms with van der Waals surface area (Å²) in [5.41, 5.74) is 0.571. The van der Waals surface area contributed by atoms with E-state index in [1.165, 1.54) is 15.7 Å². The van der Waals surface area contributed by atoms with E-state index in [2.05, 4.69) is 14.9 Å². The molecule has 0 bridgehead atoms. The average Bonchev–Trinajstić information content (AvgIpc) is 3.28. The van der Waals surface area contributed by atoms with Gasteiger partial charge >= 0.3 is 5.69 Å². The van der Waals surface area contributed by atoms with E-state index < -0.39 is 5.69 Å². The van der Waals surface area contributed by atoms with Crippen LogP contribution in [0.1, 0.15) is 23.0 Å². The highest BCUT2D eigenvalue weighted by Crippen LogP contribution is 2.15. The molecule has 1 N–H and O–H groups in total. The number of thiazole rings is 1. The summed E-state index contributed by atoms with van der Waals surface area (Å²) in [5.74, 6) is -0.145. The fourth-order valence-electron chi connectivity index (χ4n) is 4.16. The molecule has 5 rings (SSSR count). The number of aromatic amines is 1. The lowest BCUT2D eigenvalue weighted by molar-refractivity contribution is 0.0627. The molecule has 1 aromatic carbocycles. The molecule has 4 heterocycles. The first-order valence-electron chi connectivity index (χ1n) is 10.7. The van der Waals surface area contributed by atoms with Crippen molar-refractivity contribution in [2.45, 2.75) is 20.0 Å². The number of carbonyl (C=O) groups excluding carboxylic acids is 1. The fraction of sp³-hybridized carbons (Fsp3) is 0.318. The van der Waals surface area contributed by atoms with E-state index in [-0.39, 0.29) is 23.6 Å². The number of nitrogens with one attached hydrogen (secondary N) is 1. The fourth-order valence-corrected chi connectivity index (χ4v) is 4.90. The highest BCUT2D eigenvalue weighted by atomic mass is 32.1. The minimum absolute atomic E-state index is 0.0925. The minimum atomic E-state index is -0.484. The van der Waals surface area contributed by atoms with Gasteiger partial charge in [-0.2, -0.15) is 0 Å². The Hall–Kier alpha value is -3.57. The summed E-state index contributed by atoms with van der Waals surface area (Å²) < 4.78 is 2.65. The van der Waals surface area contributed by atoms with E-state index in [0.29, 0.717) is 54.2 Å². The van der Waals surface area contributed by atoms with Crippen molar-refractivity contribution < 1.29 is 4.79 Å². The first kappa shape index (κ1) is 21.3. The van der Waals surface area contributed by atoms with E-state index in [1.807, 2.05) is 5.38 Å². The first-order chi connectivity index (χ1) is 15.9. The zero-order chi connectivity index (χ0) is 23.1. The Kier molecular flexibility index (Phi) is 5.43. The number of H-pyrrole nitrogens is 1. The van der Waals surface area contributed by atoms with Crippen molar-refractivity contribution in [3.8, 4) is 0 Å². The van der Waals surface area contributed by atoms with Gasteiger partial charge in [0.25, 0.3) is 17.0 Å².